The van der Waals surface area contributed by atoms with Crippen molar-refractivity contribution in [3.63, 3.8) is 0 Å². The molecule has 3 heterocycles. The summed E-state index contributed by atoms with van der Waals surface area (Å²) in [6.07, 6.45) is 1.67. The lowest BCUT2D eigenvalue weighted by molar-refractivity contribution is 0.103. The number of benzene rings is 1. The number of rotatable bonds is 3. The van der Waals surface area contributed by atoms with E-state index in [1.165, 1.54) is 11.3 Å². The van der Waals surface area contributed by atoms with Crippen LogP contribution in [0, 0.1) is 0 Å². The normalized spacial score (nSPS) is 10.8. The van der Waals surface area contributed by atoms with E-state index in [4.69, 9.17) is 4.42 Å². The topological polar surface area (TPSA) is 68.0 Å². The van der Waals surface area contributed by atoms with Crippen molar-refractivity contribution in [2.75, 3.05) is 5.32 Å². The number of nitrogens with zero attached hydrogens (tertiary/aromatic N) is 2. The van der Waals surface area contributed by atoms with Gasteiger partial charge < -0.3 is 9.73 Å². The lowest BCUT2D eigenvalue weighted by Crippen LogP contribution is -2.09. The van der Waals surface area contributed by atoms with E-state index in [9.17, 15) is 4.79 Å². The molecule has 23 heavy (non-hydrogen) atoms. The largest absolute Gasteiger partial charge is 0.434 e. The van der Waals surface area contributed by atoms with Gasteiger partial charge in [0, 0.05) is 17.4 Å². The molecule has 112 valence electrons. The van der Waals surface area contributed by atoms with Crippen molar-refractivity contribution in [3.8, 4) is 11.5 Å². The molecule has 0 aliphatic heterocycles. The summed E-state index contributed by atoms with van der Waals surface area (Å²) in [6.45, 7) is 0. The number of carbonyl (C=O) groups is 1. The fourth-order valence-corrected chi connectivity index (χ4v) is 2.84. The zero-order valence-corrected chi connectivity index (χ0v) is 12.7. The molecule has 3 aromatic heterocycles. The van der Waals surface area contributed by atoms with Crippen molar-refractivity contribution in [1.82, 2.24) is 9.97 Å². The molecule has 1 N–H and O–H groups in total. The fourth-order valence-electron chi connectivity index (χ4n) is 2.22. The van der Waals surface area contributed by atoms with Crippen LogP contribution in [-0.4, -0.2) is 15.9 Å². The van der Waals surface area contributed by atoms with E-state index in [1.54, 1.807) is 18.3 Å². The highest BCUT2D eigenvalue weighted by Crippen LogP contribution is 2.25. The molecule has 0 aliphatic rings. The third-order valence-electron chi connectivity index (χ3n) is 3.28. The second-order valence-corrected chi connectivity index (χ2v) is 5.80. The lowest BCUT2D eigenvalue weighted by Gasteiger charge is -2.04. The molecule has 0 unspecified atom stereocenters. The van der Waals surface area contributed by atoms with Gasteiger partial charge in [-0.3, -0.25) is 4.79 Å². The molecule has 4 rings (SSSR count). The number of hydrogen-bond donors (Lipinski definition) is 1. The minimum absolute atomic E-state index is 0.128. The Morgan fingerprint density at radius 1 is 1.13 bits per heavy atom. The maximum Gasteiger partial charge on any atom is 0.265 e. The molecule has 0 bridgehead atoms. The molecule has 0 saturated carbocycles. The number of carbonyl (C=O) groups excluding carboxylic acids is 1. The van der Waals surface area contributed by atoms with Gasteiger partial charge in [-0.25, -0.2) is 4.98 Å². The number of amides is 1. The van der Waals surface area contributed by atoms with Crippen LogP contribution in [0.4, 0.5) is 5.69 Å². The Bertz CT molecular complexity index is 943. The Labute approximate surface area is 135 Å². The summed E-state index contributed by atoms with van der Waals surface area (Å²) in [5.41, 5.74) is 2.68. The monoisotopic (exact) mass is 321 g/mol. The average Bonchev–Trinajstić information content (AvgIpc) is 3.24. The number of nitrogens with one attached hydrogen (secondary N) is 1. The van der Waals surface area contributed by atoms with Gasteiger partial charge in [0.1, 0.15) is 0 Å². The minimum atomic E-state index is -0.128. The van der Waals surface area contributed by atoms with Crippen LogP contribution in [0.5, 0.6) is 0 Å². The summed E-state index contributed by atoms with van der Waals surface area (Å²) in [5, 5.41) is 4.75. The summed E-state index contributed by atoms with van der Waals surface area (Å²) in [7, 11) is 0. The number of hydrogen-bond acceptors (Lipinski definition) is 5. The van der Waals surface area contributed by atoms with E-state index in [1.807, 2.05) is 41.8 Å². The lowest BCUT2D eigenvalue weighted by atomic mass is 10.2. The predicted octanol–water partition coefficient (Wildman–Crippen LogP) is 4.20. The molecular weight excluding hydrogens is 310 g/mol. The SMILES string of the molecule is O=C(Nc1cccc(-c2nc3ncccc3o2)c1)c1cccs1. The van der Waals surface area contributed by atoms with Crippen molar-refractivity contribution in [1.29, 1.82) is 0 Å². The van der Waals surface area contributed by atoms with Crippen LogP contribution < -0.4 is 5.32 Å². The molecule has 0 spiro atoms. The fraction of sp³-hybridized carbons (Fsp3) is 0. The van der Waals surface area contributed by atoms with Crippen LogP contribution in [0.2, 0.25) is 0 Å². The summed E-state index contributed by atoms with van der Waals surface area (Å²) in [4.78, 5) is 21.3. The van der Waals surface area contributed by atoms with Gasteiger partial charge in [-0.2, -0.15) is 4.98 Å². The molecule has 5 nitrogen and oxygen atoms in total. The van der Waals surface area contributed by atoms with E-state index >= 15 is 0 Å². The zero-order valence-electron chi connectivity index (χ0n) is 11.9. The van der Waals surface area contributed by atoms with Crippen LogP contribution >= 0.6 is 11.3 Å². The minimum Gasteiger partial charge on any atom is -0.434 e. The number of thiophene rings is 1. The molecular formula is C17H11N3O2S. The van der Waals surface area contributed by atoms with Crippen LogP contribution in [0.1, 0.15) is 9.67 Å². The van der Waals surface area contributed by atoms with Crippen molar-refractivity contribution < 1.29 is 9.21 Å². The second-order valence-electron chi connectivity index (χ2n) is 4.86. The highest BCUT2D eigenvalue weighted by atomic mass is 32.1. The van der Waals surface area contributed by atoms with Gasteiger partial charge in [0.25, 0.3) is 5.91 Å². The summed E-state index contributed by atoms with van der Waals surface area (Å²) in [5.74, 6) is 0.349. The molecule has 6 heteroatoms. The molecule has 4 aromatic rings. The molecule has 0 radical (unpaired) electrons. The smallest absolute Gasteiger partial charge is 0.265 e. The molecule has 0 saturated heterocycles. The van der Waals surface area contributed by atoms with Crippen LogP contribution in [0.3, 0.4) is 0 Å². The second kappa shape index (κ2) is 5.66. The molecule has 1 aromatic carbocycles. The van der Waals surface area contributed by atoms with E-state index in [-0.39, 0.29) is 5.91 Å². The summed E-state index contributed by atoms with van der Waals surface area (Å²) in [6, 6.07) is 14.6. The number of pyridine rings is 1. The van der Waals surface area contributed by atoms with Gasteiger partial charge >= 0.3 is 0 Å². The first kappa shape index (κ1) is 13.7. The highest BCUT2D eigenvalue weighted by Gasteiger charge is 2.11. The average molecular weight is 321 g/mol. The third-order valence-corrected chi connectivity index (χ3v) is 4.15. The maximum atomic E-state index is 12.1. The van der Waals surface area contributed by atoms with Gasteiger partial charge in [-0.1, -0.05) is 12.1 Å². The van der Waals surface area contributed by atoms with Gasteiger partial charge in [0.05, 0.1) is 4.88 Å². The Balaban J connectivity index is 1.64. The molecule has 0 fully saturated rings. The van der Waals surface area contributed by atoms with Gasteiger partial charge in [0.15, 0.2) is 11.2 Å². The first-order chi connectivity index (χ1) is 11.3. The van der Waals surface area contributed by atoms with E-state index in [2.05, 4.69) is 15.3 Å². The van der Waals surface area contributed by atoms with E-state index < -0.39 is 0 Å². The highest BCUT2D eigenvalue weighted by molar-refractivity contribution is 7.12. The quantitative estimate of drug-likeness (QED) is 0.614. The van der Waals surface area contributed by atoms with E-state index in [0.29, 0.717) is 27.7 Å². The van der Waals surface area contributed by atoms with E-state index in [0.717, 1.165) is 5.56 Å². The van der Waals surface area contributed by atoms with Crippen LogP contribution in [0.15, 0.2) is 64.5 Å². The summed E-state index contributed by atoms with van der Waals surface area (Å²) >= 11 is 1.40. The number of aromatic nitrogens is 2. The van der Waals surface area contributed by atoms with Crippen LogP contribution in [-0.2, 0) is 0 Å². The first-order valence-corrected chi connectivity index (χ1v) is 7.84. The maximum absolute atomic E-state index is 12.1. The molecule has 1 amide bonds. The number of fused-ring (bicyclic) bond motifs is 1. The molecule has 0 atom stereocenters. The van der Waals surface area contributed by atoms with Crippen molar-refractivity contribution in [2.45, 2.75) is 0 Å². The Hall–Kier alpha value is -2.99. The standard InChI is InChI=1S/C17H11N3O2S/c21-16(14-7-3-9-23-14)19-12-5-1-4-11(10-12)17-20-15-13(22-17)6-2-8-18-15/h1-10H,(H,19,21). The van der Waals surface area contributed by atoms with Gasteiger partial charge in [-0.15, -0.1) is 11.3 Å². The third kappa shape index (κ3) is 2.72. The molecule has 0 aliphatic carbocycles. The number of anilines is 1. The van der Waals surface area contributed by atoms with Crippen molar-refractivity contribution >= 4 is 34.2 Å². The Morgan fingerprint density at radius 3 is 2.91 bits per heavy atom. The van der Waals surface area contributed by atoms with Crippen molar-refractivity contribution in [2.24, 2.45) is 0 Å². The Morgan fingerprint density at radius 2 is 2.09 bits per heavy atom. The van der Waals surface area contributed by atoms with Crippen molar-refractivity contribution in [3.05, 3.63) is 65.0 Å². The van der Waals surface area contributed by atoms with Gasteiger partial charge in [-0.05, 0) is 41.8 Å². The zero-order chi connectivity index (χ0) is 15.6. The van der Waals surface area contributed by atoms with Crippen LogP contribution in [0.25, 0.3) is 22.7 Å². The summed E-state index contributed by atoms with van der Waals surface area (Å²) < 4.78 is 5.70. The van der Waals surface area contributed by atoms with Gasteiger partial charge in [0.2, 0.25) is 5.89 Å². The predicted molar refractivity (Wildman–Crippen MR) is 89.5 cm³/mol. The Kier molecular flexibility index (Phi) is 3.36. The number of oxazole rings is 1. The first-order valence-electron chi connectivity index (χ1n) is 6.96.